The van der Waals surface area contributed by atoms with Crippen molar-refractivity contribution in [2.45, 2.75) is 6.42 Å². The van der Waals surface area contributed by atoms with Crippen LogP contribution in [0, 0.1) is 0 Å². The lowest BCUT2D eigenvalue weighted by molar-refractivity contribution is 0.292. The van der Waals surface area contributed by atoms with E-state index in [1.165, 1.54) is 0 Å². The molecule has 4 rings (SSSR count). The first-order chi connectivity index (χ1) is 14.8. The molecular formula is C24H24N4O2. The quantitative estimate of drug-likeness (QED) is 0.429. The molecule has 0 radical (unpaired) electrons. The highest BCUT2D eigenvalue weighted by Gasteiger charge is 2.15. The Hall–Kier alpha value is -3.64. The highest BCUT2D eigenvalue weighted by molar-refractivity contribution is 5.82. The van der Waals surface area contributed by atoms with Crippen molar-refractivity contribution in [2.75, 3.05) is 25.6 Å². The number of hydrogen-bond donors (Lipinski definition) is 2. The summed E-state index contributed by atoms with van der Waals surface area (Å²) in [6.45, 7) is 0.815. The SMILES string of the molecule is COc1cccc(-c2nn(-c3ccccc3)cc2-c2ccnc(NCCCO)c2)c1. The topological polar surface area (TPSA) is 72.2 Å². The fourth-order valence-electron chi connectivity index (χ4n) is 3.27. The second-order valence-electron chi connectivity index (χ2n) is 6.84. The van der Waals surface area contributed by atoms with Crippen molar-refractivity contribution in [1.82, 2.24) is 14.8 Å². The summed E-state index contributed by atoms with van der Waals surface area (Å²) >= 11 is 0. The zero-order valence-electron chi connectivity index (χ0n) is 16.8. The van der Waals surface area contributed by atoms with Crippen molar-refractivity contribution in [3.05, 3.63) is 79.1 Å². The average Bonchev–Trinajstić information content (AvgIpc) is 3.26. The van der Waals surface area contributed by atoms with E-state index in [2.05, 4.69) is 10.3 Å². The van der Waals surface area contributed by atoms with E-state index < -0.39 is 0 Å². The molecule has 0 aliphatic carbocycles. The number of nitrogens with zero attached hydrogens (tertiary/aromatic N) is 3. The van der Waals surface area contributed by atoms with Gasteiger partial charge in [-0.2, -0.15) is 5.10 Å². The molecule has 0 unspecified atom stereocenters. The number of aliphatic hydroxyl groups is 1. The van der Waals surface area contributed by atoms with E-state index in [-0.39, 0.29) is 6.61 Å². The molecular weight excluding hydrogens is 376 g/mol. The van der Waals surface area contributed by atoms with Gasteiger partial charge in [0, 0.05) is 36.7 Å². The monoisotopic (exact) mass is 400 g/mol. The normalized spacial score (nSPS) is 10.7. The number of ether oxygens (including phenoxy) is 1. The van der Waals surface area contributed by atoms with Gasteiger partial charge in [0.05, 0.1) is 12.8 Å². The Bertz CT molecular complexity index is 1110. The van der Waals surface area contributed by atoms with E-state index in [0.717, 1.165) is 39.6 Å². The molecule has 6 heteroatoms. The van der Waals surface area contributed by atoms with Crippen molar-refractivity contribution < 1.29 is 9.84 Å². The van der Waals surface area contributed by atoms with Crippen LogP contribution in [-0.4, -0.2) is 40.1 Å². The number of hydrogen-bond acceptors (Lipinski definition) is 5. The summed E-state index contributed by atoms with van der Waals surface area (Å²) in [5.74, 6) is 1.55. The Morgan fingerprint density at radius 1 is 1.00 bits per heavy atom. The minimum Gasteiger partial charge on any atom is -0.497 e. The molecule has 2 aromatic heterocycles. The third-order valence-corrected chi connectivity index (χ3v) is 4.79. The molecule has 0 atom stereocenters. The van der Waals surface area contributed by atoms with Gasteiger partial charge in [-0.15, -0.1) is 0 Å². The van der Waals surface area contributed by atoms with Gasteiger partial charge in [0.25, 0.3) is 0 Å². The van der Waals surface area contributed by atoms with Crippen LogP contribution in [0.5, 0.6) is 5.75 Å². The summed E-state index contributed by atoms with van der Waals surface area (Å²) in [4.78, 5) is 4.39. The third kappa shape index (κ3) is 4.34. The second kappa shape index (κ2) is 9.24. The summed E-state index contributed by atoms with van der Waals surface area (Å²) in [6.07, 6.45) is 4.50. The molecule has 2 N–H and O–H groups in total. The minimum atomic E-state index is 0.149. The maximum absolute atomic E-state index is 9.01. The lowest BCUT2D eigenvalue weighted by Gasteiger charge is -2.08. The Labute approximate surface area is 175 Å². The number of pyridine rings is 1. The Morgan fingerprint density at radius 3 is 2.67 bits per heavy atom. The minimum absolute atomic E-state index is 0.149. The van der Waals surface area contributed by atoms with Gasteiger partial charge in [-0.3, -0.25) is 0 Å². The lowest BCUT2D eigenvalue weighted by atomic mass is 10.0. The predicted octanol–water partition coefficient (Wildman–Crippen LogP) is 4.40. The van der Waals surface area contributed by atoms with Crippen molar-refractivity contribution in [2.24, 2.45) is 0 Å². The molecule has 0 saturated carbocycles. The molecule has 6 nitrogen and oxygen atoms in total. The van der Waals surface area contributed by atoms with Gasteiger partial charge < -0.3 is 15.2 Å². The molecule has 0 aliphatic heterocycles. The first-order valence-corrected chi connectivity index (χ1v) is 9.89. The van der Waals surface area contributed by atoms with Crippen LogP contribution in [0.1, 0.15) is 6.42 Å². The Morgan fingerprint density at radius 2 is 1.87 bits per heavy atom. The van der Waals surface area contributed by atoms with Crippen molar-refractivity contribution in [3.63, 3.8) is 0 Å². The van der Waals surface area contributed by atoms with Gasteiger partial charge in [0.2, 0.25) is 0 Å². The highest BCUT2D eigenvalue weighted by Crippen LogP contribution is 2.34. The number of aliphatic hydroxyl groups excluding tert-OH is 1. The molecule has 0 amide bonds. The van der Waals surface area contributed by atoms with Crippen LogP contribution in [0.4, 0.5) is 5.82 Å². The maximum atomic E-state index is 9.01. The molecule has 0 bridgehead atoms. The molecule has 0 spiro atoms. The van der Waals surface area contributed by atoms with E-state index in [1.54, 1.807) is 13.3 Å². The summed E-state index contributed by atoms with van der Waals surface area (Å²) in [6, 6.07) is 21.9. The largest absolute Gasteiger partial charge is 0.497 e. The fraction of sp³-hybridized carbons (Fsp3) is 0.167. The maximum Gasteiger partial charge on any atom is 0.126 e. The number of methoxy groups -OCH3 is 1. The molecule has 2 aromatic carbocycles. The first kappa shape index (κ1) is 19.7. The van der Waals surface area contributed by atoms with Crippen LogP contribution >= 0.6 is 0 Å². The van der Waals surface area contributed by atoms with Gasteiger partial charge >= 0.3 is 0 Å². The number of para-hydroxylation sites is 1. The van der Waals surface area contributed by atoms with Gasteiger partial charge in [0.1, 0.15) is 17.3 Å². The van der Waals surface area contributed by atoms with Crippen LogP contribution in [0.3, 0.4) is 0 Å². The van der Waals surface area contributed by atoms with E-state index >= 15 is 0 Å². The zero-order valence-corrected chi connectivity index (χ0v) is 16.8. The Balaban J connectivity index is 1.80. The average molecular weight is 400 g/mol. The third-order valence-electron chi connectivity index (χ3n) is 4.79. The predicted molar refractivity (Wildman–Crippen MR) is 119 cm³/mol. The summed E-state index contributed by atoms with van der Waals surface area (Å²) in [5.41, 5.74) is 4.84. The summed E-state index contributed by atoms with van der Waals surface area (Å²) < 4.78 is 7.30. The molecule has 152 valence electrons. The van der Waals surface area contributed by atoms with Gasteiger partial charge in [0.15, 0.2) is 0 Å². The summed E-state index contributed by atoms with van der Waals surface area (Å²) in [7, 11) is 1.66. The number of benzene rings is 2. The van der Waals surface area contributed by atoms with Crippen LogP contribution in [0.2, 0.25) is 0 Å². The van der Waals surface area contributed by atoms with E-state index in [0.29, 0.717) is 13.0 Å². The molecule has 0 aliphatic rings. The van der Waals surface area contributed by atoms with Crippen LogP contribution < -0.4 is 10.1 Å². The molecule has 2 heterocycles. The van der Waals surface area contributed by atoms with Gasteiger partial charge in [-0.25, -0.2) is 9.67 Å². The van der Waals surface area contributed by atoms with Gasteiger partial charge in [-0.1, -0.05) is 30.3 Å². The van der Waals surface area contributed by atoms with Crippen LogP contribution in [0.15, 0.2) is 79.1 Å². The van der Waals surface area contributed by atoms with Crippen molar-refractivity contribution in [3.8, 4) is 33.8 Å². The number of aromatic nitrogens is 3. The number of rotatable bonds is 8. The standard InChI is InChI=1S/C24H24N4O2/c1-30-21-10-5-7-19(15-21)24-22(17-28(27-24)20-8-3-2-4-9-20)18-11-13-26-23(16-18)25-12-6-14-29/h2-5,7-11,13,15-17,29H,6,12,14H2,1H3,(H,25,26). The van der Waals surface area contributed by atoms with Crippen molar-refractivity contribution in [1.29, 1.82) is 0 Å². The summed E-state index contributed by atoms with van der Waals surface area (Å²) in [5, 5.41) is 17.2. The lowest BCUT2D eigenvalue weighted by Crippen LogP contribution is -2.04. The molecule has 4 aromatic rings. The van der Waals surface area contributed by atoms with Gasteiger partial charge in [-0.05, 0) is 48.4 Å². The van der Waals surface area contributed by atoms with Crippen molar-refractivity contribution >= 4 is 5.82 Å². The number of nitrogens with one attached hydrogen (secondary N) is 1. The van der Waals surface area contributed by atoms with E-state index in [9.17, 15) is 0 Å². The molecule has 0 saturated heterocycles. The van der Waals surface area contributed by atoms with E-state index in [1.807, 2.05) is 77.6 Å². The highest BCUT2D eigenvalue weighted by atomic mass is 16.5. The second-order valence-corrected chi connectivity index (χ2v) is 6.84. The number of anilines is 1. The van der Waals surface area contributed by atoms with Crippen LogP contribution in [-0.2, 0) is 0 Å². The molecule has 0 fully saturated rings. The smallest absolute Gasteiger partial charge is 0.126 e. The fourth-order valence-corrected chi connectivity index (χ4v) is 3.27. The first-order valence-electron chi connectivity index (χ1n) is 9.89. The molecule has 30 heavy (non-hydrogen) atoms. The zero-order chi connectivity index (χ0) is 20.8. The van der Waals surface area contributed by atoms with Crippen LogP contribution in [0.25, 0.3) is 28.1 Å². The van der Waals surface area contributed by atoms with E-state index in [4.69, 9.17) is 14.9 Å². The Kier molecular flexibility index (Phi) is 6.06.